The van der Waals surface area contributed by atoms with Crippen LogP contribution in [0.5, 0.6) is 0 Å². The van der Waals surface area contributed by atoms with Gasteiger partial charge in [0.2, 0.25) is 0 Å². The Morgan fingerprint density at radius 1 is 1.19 bits per heavy atom. The van der Waals surface area contributed by atoms with Crippen LogP contribution in [0.2, 0.25) is 0 Å². The van der Waals surface area contributed by atoms with Crippen LogP contribution in [-0.2, 0) is 10.0 Å². The molecule has 0 radical (unpaired) electrons. The van der Waals surface area contributed by atoms with Crippen molar-refractivity contribution >= 4 is 26.6 Å². The van der Waals surface area contributed by atoms with Gasteiger partial charge in [0.25, 0.3) is 0 Å². The largest absolute Gasteiger partial charge is 0.511 e. The number of sulfonamides is 1. The monoisotopic (exact) mass is 391 g/mol. The Morgan fingerprint density at radius 3 is 2.46 bits per heavy atom. The molecule has 142 valence electrons. The Kier molecular flexibility index (Phi) is 4.82. The third-order valence-corrected chi connectivity index (χ3v) is 5.97. The number of alkyl halides is 3. The maximum absolute atomic E-state index is 13.6. The molecule has 1 aromatic heterocycles. The zero-order valence-corrected chi connectivity index (χ0v) is 14.7. The van der Waals surface area contributed by atoms with Gasteiger partial charge in [0.1, 0.15) is 5.82 Å². The molecular weight excluding hydrogens is 374 g/mol. The van der Waals surface area contributed by atoms with E-state index in [1.807, 2.05) is 0 Å². The molecule has 1 aromatic carbocycles. The van der Waals surface area contributed by atoms with E-state index in [4.69, 9.17) is 0 Å². The molecule has 0 unspecified atom stereocenters. The van der Waals surface area contributed by atoms with E-state index >= 15 is 0 Å². The molecule has 1 saturated heterocycles. The number of aromatic nitrogens is 1. The average Bonchev–Trinajstić information content (AvgIpc) is 2.55. The number of anilines is 1. The predicted octanol–water partition coefficient (Wildman–Crippen LogP) is 3.41. The molecule has 1 aliphatic rings. The Labute approximate surface area is 148 Å². The van der Waals surface area contributed by atoms with Crippen molar-refractivity contribution in [3.8, 4) is 0 Å². The molecule has 0 spiro atoms. The van der Waals surface area contributed by atoms with Crippen molar-refractivity contribution in [3.63, 3.8) is 0 Å². The highest BCUT2D eigenvalue weighted by molar-refractivity contribution is 7.90. The zero-order chi connectivity index (χ0) is 19.1. The molecule has 2 aromatic rings. The van der Waals surface area contributed by atoms with Gasteiger partial charge in [-0.3, -0.25) is 4.98 Å². The number of hydrogen-bond acceptors (Lipinski definition) is 4. The van der Waals surface area contributed by atoms with E-state index < -0.39 is 21.3 Å². The van der Waals surface area contributed by atoms with Gasteiger partial charge in [-0.2, -0.15) is 17.5 Å². The number of aryl methyl sites for hydroxylation is 1. The summed E-state index contributed by atoms with van der Waals surface area (Å²) in [6, 6.07) is 5.72. The van der Waals surface area contributed by atoms with E-state index in [0.29, 0.717) is 26.6 Å². The minimum atomic E-state index is -5.30. The van der Waals surface area contributed by atoms with Gasteiger partial charge in [0, 0.05) is 35.9 Å². The first-order valence-corrected chi connectivity index (χ1v) is 9.42. The highest BCUT2D eigenvalue weighted by Gasteiger charge is 2.50. The first-order chi connectivity index (χ1) is 12.1. The van der Waals surface area contributed by atoms with E-state index in [2.05, 4.69) is 10.3 Å². The van der Waals surface area contributed by atoms with Crippen LogP contribution in [0.25, 0.3) is 10.9 Å². The molecular formula is C16H17F4N3O2S. The van der Waals surface area contributed by atoms with Gasteiger partial charge in [0.05, 0.1) is 5.52 Å². The number of hydrogen-bond donors (Lipinski definition) is 1. The molecule has 5 nitrogen and oxygen atoms in total. The summed E-state index contributed by atoms with van der Waals surface area (Å²) in [5.41, 5.74) is -3.35. The highest BCUT2D eigenvalue weighted by Crippen LogP contribution is 2.31. The van der Waals surface area contributed by atoms with Crippen molar-refractivity contribution in [2.45, 2.75) is 31.3 Å². The molecule has 0 saturated carbocycles. The van der Waals surface area contributed by atoms with Gasteiger partial charge in [-0.05, 0) is 44.0 Å². The standard InChI is InChI=1S/C16H17F4N3O2S/c1-10-8-15(13-9-11(17)2-3-14(13)21-10)22-12-4-6-23(7-5-12)26(24,25)16(18,19)20/h2-3,8-9,12H,4-7H2,1H3,(H,21,22). The summed E-state index contributed by atoms with van der Waals surface area (Å²) in [5, 5.41) is 3.76. The maximum atomic E-state index is 13.6. The zero-order valence-electron chi connectivity index (χ0n) is 13.8. The molecule has 1 fully saturated rings. The normalized spacial score (nSPS) is 17.6. The number of benzene rings is 1. The van der Waals surface area contributed by atoms with Crippen LogP contribution in [0.3, 0.4) is 0 Å². The molecule has 0 amide bonds. The molecule has 26 heavy (non-hydrogen) atoms. The lowest BCUT2D eigenvalue weighted by Crippen LogP contribution is -2.47. The highest BCUT2D eigenvalue weighted by atomic mass is 32.2. The van der Waals surface area contributed by atoms with Gasteiger partial charge in [0.15, 0.2) is 0 Å². The predicted molar refractivity (Wildman–Crippen MR) is 89.6 cm³/mol. The fraction of sp³-hybridized carbons (Fsp3) is 0.438. The number of fused-ring (bicyclic) bond motifs is 1. The average molecular weight is 391 g/mol. The number of pyridine rings is 1. The number of nitrogens with one attached hydrogen (secondary N) is 1. The summed E-state index contributed by atoms with van der Waals surface area (Å²) in [6.07, 6.45) is 0.432. The number of rotatable bonds is 3. The molecule has 0 bridgehead atoms. The van der Waals surface area contributed by atoms with Crippen LogP contribution in [-0.4, -0.2) is 42.3 Å². The third kappa shape index (κ3) is 3.61. The van der Waals surface area contributed by atoms with Gasteiger partial charge >= 0.3 is 15.5 Å². The number of piperidine rings is 1. The SMILES string of the molecule is Cc1cc(NC2CCN(S(=O)(=O)C(F)(F)F)CC2)c2cc(F)ccc2n1. The molecule has 0 aliphatic carbocycles. The second-order valence-electron chi connectivity index (χ2n) is 6.24. The molecule has 0 atom stereocenters. The third-order valence-electron chi connectivity index (χ3n) is 4.34. The van der Waals surface area contributed by atoms with E-state index in [1.165, 1.54) is 12.1 Å². The molecule has 1 aliphatic heterocycles. The van der Waals surface area contributed by atoms with E-state index in [-0.39, 0.29) is 32.0 Å². The van der Waals surface area contributed by atoms with Crippen molar-refractivity contribution in [1.29, 1.82) is 0 Å². The molecule has 1 N–H and O–H groups in total. The van der Waals surface area contributed by atoms with Gasteiger partial charge in [-0.1, -0.05) is 0 Å². The van der Waals surface area contributed by atoms with Crippen molar-refractivity contribution in [3.05, 3.63) is 35.8 Å². The van der Waals surface area contributed by atoms with Crippen molar-refractivity contribution in [1.82, 2.24) is 9.29 Å². The molecule has 10 heteroatoms. The molecule has 2 heterocycles. The van der Waals surface area contributed by atoms with Crippen molar-refractivity contribution in [2.24, 2.45) is 0 Å². The van der Waals surface area contributed by atoms with Crippen LogP contribution in [0.1, 0.15) is 18.5 Å². The lowest BCUT2D eigenvalue weighted by Gasteiger charge is -2.32. The van der Waals surface area contributed by atoms with E-state index in [9.17, 15) is 26.0 Å². The summed E-state index contributed by atoms with van der Waals surface area (Å²) in [6.45, 7) is 1.33. The minimum Gasteiger partial charge on any atom is -0.382 e. The topological polar surface area (TPSA) is 62.3 Å². The fourth-order valence-corrected chi connectivity index (χ4v) is 4.04. The summed E-state index contributed by atoms with van der Waals surface area (Å²) in [7, 11) is -5.30. The van der Waals surface area contributed by atoms with Crippen LogP contribution >= 0.6 is 0 Å². The first-order valence-electron chi connectivity index (χ1n) is 7.98. The fourth-order valence-electron chi connectivity index (χ4n) is 3.06. The maximum Gasteiger partial charge on any atom is 0.511 e. The van der Waals surface area contributed by atoms with Crippen LogP contribution < -0.4 is 5.32 Å². The lowest BCUT2D eigenvalue weighted by atomic mass is 10.1. The van der Waals surface area contributed by atoms with Crippen LogP contribution in [0.4, 0.5) is 23.2 Å². The van der Waals surface area contributed by atoms with Gasteiger partial charge in [-0.25, -0.2) is 12.8 Å². The van der Waals surface area contributed by atoms with Crippen LogP contribution in [0.15, 0.2) is 24.3 Å². The van der Waals surface area contributed by atoms with E-state index in [0.717, 1.165) is 0 Å². The summed E-state index contributed by atoms with van der Waals surface area (Å²) in [5.74, 6) is -0.419. The van der Waals surface area contributed by atoms with E-state index in [1.54, 1.807) is 19.1 Å². The first kappa shape index (κ1) is 18.8. The number of nitrogens with zero attached hydrogens (tertiary/aromatic N) is 2. The summed E-state index contributed by atoms with van der Waals surface area (Å²) in [4.78, 5) is 4.32. The minimum absolute atomic E-state index is 0.216. The summed E-state index contributed by atoms with van der Waals surface area (Å²) >= 11 is 0. The Hall–Kier alpha value is -1.94. The van der Waals surface area contributed by atoms with Crippen molar-refractivity contribution in [2.75, 3.05) is 18.4 Å². The number of halogens is 4. The van der Waals surface area contributed by atoms with Crippen molar-refractivity contribution < 1.29 is 26.0 Å². The molecule has 3 rings (SSSR count). The Morgan fingerprint density at radius 2 is 1.85 bits per heavy atom. The smallest absolute Gasteiger partial charge is 0.382 e. The quantitative estimate of drug-likeness (QED) is 0.815. The lowest BCUT2D eigenvalue weighted by molar-refractivity contribution is -0.0494. The van der Waals surface area contributed by atoms with Gasteiger partial charge < -0.3 is 5.32 Å². The second-order valence-corrected chi connectivity index (χ2v) is 8.17. The summed E-state index contributed by atoms with van der Waals surface area (Å²) < 4.78 is 74.8. The second kappa shape index (κ2) is 6.66. The Bertz CT molecular complexity index is 923. The van der Waals surface area contributed by atoms with Crippen LogP contribution in [0, 0.1) is 12.7 Å². The van der Waals surface area contributed by atoms with Gasteiger partial charge in [-0.15, -0.1) is 0 Å². The Balaban J connectivity index is 1.76.